The second kappa shape index (κ2) is 12.2. The third-order valence-electron chi connectivity index (χ3n) is 10.7. The number of anilines is 3. The zero-order valence-corrected chi connectivity index (χ0v) is 30.3. The van der Waals surface area contributed by atoms with Gasteiger partial charge in [-0.05, 0) is 74.6 Å². The lowest BCUT2D eigenvalue weighted by atomic mass is 9.91. The Kier molecular flexibility index (Phi) is 6.97. The number of hydrogen-bond donors (Lipinski definition) is 0. The fourth-order valence-corrected chi connectivity index (χ4v) is 10.7. The van der Waals surface area contributed by atoms with E-state index < -0.39 is 0 Å². The summed E-state index contributed by atoms with van der Waals surface area (Å²) in [5, 5.41) is 10.2. The Morgan fingerprint density at radius 2 is 0.830 bits per heavy atom. The first-order valence-electron chi connectivity index (χ1n) is 18.0. The first kappa shape index (κ1) is 30.4. The van der Waals surface area contributed by atoms with Crippen LogP contribution < -0.4 is 4.90 Å². The largest absolute Gasteiger partial charge is 0.307 e. The molecule has 2 heterocycles. The van der Waals surface area contributed by atoms with Crippen LogP contribution in [-0.2, 0) is 0 Å². The number of rotatable bonds is 5. The van der Waals surface area contributed by atoms with Gasteiger partial charge in [0.1, 0.15) is 0 Å². The molecule has 53 heavy (non-hydrogen) atoms. The molecule has 0 bridgehead atoms. The van der Waals surface area contributed by atoms with Crippen LogP contribution >= 0.6 is 22.7 Å². The second-order valence-corrected chi connectivity index (χ2v) is 15.7. The van der Waals surface area contributed by atoms with Gasteiger partial charge >= 0.3 is 0 Å². The molecule has 0 saturated carbocycles. The summed E-state index contributed by atoms with van der Waals surface area (Å²) in [5.74, 6) is 0. The Labute approximate surface area is 315 Å². The Morgan fingerprint density at radius 1 is 0.302 bits per heavy atom. The van der Waals surface area contributed by atoms with Crippen molar-refractivity contribution in [2.24, 2.45) is 0 Å². The highest BCUT2D eigenvalue weighted by Gasteiger charge is 2.25. The maximum Gasteiger partial charge on any atom is 0.0641 e. The van der Waals surface area contributed by atoms with E-state index in [-0.39, 0.29) is 0 Å². The van der Waals surface area contributed by atoms with Gasteiger partial charge in [0.2, 0.25) is 0 Å². The predicted molar refractivity (Wildman–Crippen MR) is 233 cm³/mol. The first-order valence-corrected chi connectivity index (χ1v) is 19.6. The normalized spacial score (nSPS) is 11.8. The van der Waals surface area contributed by atoms with E-state index in [2.05, 4.69) is 193 Å². The van der Waals surface area contributed by atoms with Crippen LogP contribution in [0.1, 0.15) is 0 Å². The van der Waals surface area contributed by atoms with Gasteiger partial charge in [0.05, 0.1) is 26.5 Å². The first-order chi connectivity index (χ1) is 26.3. The Bertz CT molecular complexity index is 3070. The molecule has 11 rings (SSSR count). The molecule has 0 N–H and O–H groups in total. The van der Waals surface area contributed by atoms with Gasteiger partial charge < -0.3 is 4.90 Å². The standard InChI is InChI=1S/C50H31NS2/c1-2-14-32(15-3-1)36-29-28-34(43-30-33-16-4-5-17-35(33)37-18-6-7-19-38(37)43)31-46(36)51(44-24-12-22-41-39-20-8-10-26-47(39)52-49(41)44)45-25-13-23-42-40-21-9-11-27-48(40)53-50(42)45/h1-31H. The van der Waals surface area contributed by atoms with E-state index in [0.29, 0.717) is 0 Å². The molecule has 0 aliphatic heterocycles. The van der Waals surface area contributed by atoms with Gasteiger partial charge in [-0.2, -0.15) is 0 Å². The molecule has 248 valence electrons. The summed E-state index contributed by atoms with van der Waals surface area (Å²) in [6.45, 7) is 0. The molecule has 3 heteroatoms. The number of hydrogen-bond acceptors (Lipinski definition) is 3. The van der Waals surface area contributed by atoms with Crippen LogP contribution in [0, 0.1) is 0 Å². The van der Waals surface area contributed by atoms with Gasteiger partial charge in [-0.3, -0.25) is 0 Å². The molecule has 1 nitrogen and oxygen atoms in total. The zero-order valence-electron chi connectivity index (χ0n) is 28.7. The van der Waals surface area contributed by atoms with E-state index in [4.69, 9.17) is 0 Å². The molecule has 0 spiro atoms. The van der Waals surface area contributed by atoms with Crippen LogP contribution in [0.3, 0.4) is 0 Å². The number of fused-ring (bicyclic) bond motifs is 9. The minimum atomic E-state index is 1.15. The highest BCUT2D eigenvalue weighted by atomic mass is 32.1. The molecule has 0 aliphatic rings. The minimum Gasteiger partial charge on any atom is -0.307 e. The van der Waals surface area contributed by atoms with Crippen LogP contribution in [0.5, 0.6) is 0 Å². The summed E-state index contributed by atoms with van der Waals surface area (Å²) in [5.41, 5.74) is 8.34. The van der Waals surface area contributed by atoms with Crippen LogP contribution in [0.4, 0.5) is 17.1 Å². The third-order valence-corrected chi connectivity index (χ3v) is 13.1. The summed E-state index contributed by atoms with van der Waals surface area (Å²) in [6, 6.07) is 69.3. The monoisotopic (exact) mass is 709 g/mol. The van der Waals surface area contributed by atoms with Gasteiger partial charge in [0, 0.05) is 36.5 Å². The lowest BCUT2D eigenvalue weighted by Crippen LogP contribution is -2.12. The molecule has 9 aromatic carbocycles. The number of thiophene rings is 2. The Balaban J connectivity index is 1.27. The maximum atomic E-state index is 2.56. The van der Waals surface area contributed by atoms with Crippen molar-refractivity contribution < 1.29 is 0 Å². The average molecular weight is 710 g/mol. The third kappa shape index (κ3) is 4.82. The topological polar surface area (TPSA) is 3.24 Å². The molecular weight excluding hydrogens is 679 g/mol. The van der Waals surface area contributed by atoms with Crippen LogP contribution in [-0.4, -0.2) is 0 Å². The molecule has 2 aromatic heterocycles. The van der Waals surface area contributed by atoms with Crippen molar-refractivity contribution in [2.75, 3.05) is 4.90 Å². The number of benzene rings is 9. The van der Waals surface area contributed by atoms with Crippen molar-refractivity contribution in [2.45, 2.75) is 0 Å². The van der Waals surface area contributed by atoms with Crippen LogP contribution in [0.25, 0.3) is 84.1 Å². The molecule has 0 aliphatic carbocycles. The second-order valence-electron chi connectivity index (χ2n) is 13.6. The van der Waals surface area contributed by atoms with Crippen molar-refractivity contribution in [3.05, 3.63) is 188 Å². The minimum absolute atomic E-state index is 1.15. The van der Waals surface area contributed by atoms with E-state index in [1.807, 2.05) is 22.7 Å². The Morgan fingerprint density at radius 3 is 1.49 bits per heavy atom. The van der Waals surface area contributed by atoms with Gasteiger partial charge in [-0.1, -0.05) is 152 Å². The van der Waals surface area contributed by atoms with E-state index in [0.717, 1.165) is 5.69 Å². The lowest BCUT2D eigenvalue weighted by Gasteiger charge is -2.29. The molecule has 11 aromatic rings. The molecule has 0 fully saturated rings. The quantitative estimate of drug-likeness (QED) is 0.161. The average Bonchev–Trinajstić information content (AvgIpc) is 3.81. The van der Waals surface area contributed by atoms with E-state index in [9.17, 15) is 0 Å². The van der Waals surface area contributed by atoms with E-state index in [1.54, 1.807) is 0 Å². The SMILES string of the molecule is c1ccc(-c2ccc(-c3cc4ccccc4c4ccccc34)cc2N(c2cccc3c2sc2ccccc23)c2cccc3c2sc2ccccc23)cc1. The summed E-state index contributed by atoms with van der Waals surface area (Å²) in [4.78, 5) is 2.56. The Hall–Kier alpha value is -6.26. The fraction of sp³-hybridized carbons (Fsp3) is 0. The molecular formula is C50H31NS2. The van der Waals surface area contributed by atoms with E-state index in [1.165, 1.54) is 95.5 Å². The predicted octanol–water partition coefficient (Wildman–Crippen LogP) is 15.5. The molecule has 0 radical (unpaired) electrons. The van der Waals surface area contributed by atoms with Crippen molar-refractivity contribution in [3.8, 4) is 22.3 Å². The maximum absolute atomic E-state index is 2.56. The number of nitrogens with zero attached hydrogens (tertiary/aromatic N) is 1. The summed E-state index contributed by atoms with van der Waals surface area (Å²) in [7, 11) is 0. The fourth-order valence-electron chi connectivity index (χ4n) is 8.25. The van der Waals surface area contributed by atoms with Crippen molar-refractivity contribution >= 4 is 102 Å². The van der Waals surface area contributed by atoms with Crippen molar-refractivity contribution in [1.82, 2.24) is 0 Å². The molecule has 0 saturated heterocycles. The van der Waals surface area contributed by atoms with Gasteiger partial charge in [0.25, 0.3) is 0 Å². The van der Waals surface area contributed by atoms with Gasteiger partial charge in [-0.25, -0.2) is 0 Å². The molecule has 0 atom stereocenters. The highest BCUT2D eigenvalue weighted by Crippen LogP contribution is 2.51. The van der Waals surface area contributed by atoms with Crippen molar-refractivity contribution in [1.29, 1.82) is 0 Å². The summed E-state index contributed by atoms with van der Waals surface area (Å²) < 4.78 is 5.17. The molecule has 0 unspecified atom stereocenters. The summed E-state index contributed by atoms with van der Waals surface area (Å²) >= 11 is 3.77. The smallest absolute Gasteiger partial charge is 0.0641 e. The molecule has 0 amide bonds. The van der Waals surface area contributed by atoms with Crippen LogP contribution in [0.2, 0.25) is 0 Å². The van der Waals surface area contributed by atoms with Crippen molar-refractivity contribution in [3.63, 3.8) is 0 Å². The van der Waals surface area contributed by atoms with Gasteiger partial charge in [-0.15, -0.1) is 22.7 Å². The van der Waals surface area contributed by atoms with E-state index >= 15 is 0 Å². The summed E-state index contributed by atoms with van der Waals surface area (Å²) in [6.07, 6.45) is 0. The van der Waals surface area contributed by atoms with Crippen LogP contribution in [0.15, 0.2) is 188 Å². The lowest BCUT2D eigenvalue weighted by molar-refractivity contribution is 1.32. The zero-order chi connectivity index (χ0) is 34.9. The van der Waals surface area contributed by atoms with Gasteiger partial charge in [0.15, 0.2) is 0 Å². The highest BCUT2D eigenvalue weighted by molar-refractivity contribution is 7.27.